The number of rotatable bonds is 6. The summed E-state index contributed by atoms with van der Waals surface area (Å²) in [5.41, 5.74) is -0.932. The molecule has 10 nitrogen and oxygen atoms in total. The van der Waals surface area contributed by atoms with Crippen LogP contribution in [0.15, 0.2) is 22.7 Å². The first-order valence-electron chi connectivity index (χ1n) is 13.4. The normalized spacial score (nSPS) is 20.9. The molecule has 3 fully saturated rings. The quantitative estimate of drug-likeness (QED) is 0.538. The molecule has 1 unspecified atom stereocenters. The lowest BCUT2D eigenvalue weighted by atomic mass is 10.1. The molecule has 2 saturated heterocycles. The van der Waals surface area contributed by atoms with Gasteiger partial charge in [-0.25, -0.2) is 9.78 Å². The summed E-state index contributed by atoms with van der Waals surface area (Å²) < 4.78 is 51.8. The summed E-state index contributed by atoms with van der Waals surface area (Å²) in [6.45, 7) is 2.58. The van der Waals surface area contributed by atoms with E-state index in [1.807, 2.05) is 4.90 Å². The Labute approximate surface area is 223 Å². The number of hydrogen-bond donors (Lipinski definition) is 1. The van der Waals surface area contributed by atoms with E-state index in [9.17, 15) is 27.9 Å². The Kier molecular flexibility index (Phi) is 7.96. The average molecular weight is 552 g/mol. The van der Waals surface area contributed by atoms with E-state index in [2.05, 4.69) is 9.97 Å². The van der Waals surface area contributed by atoms with Crippen molar-refractivity contribution in [2.75, 3.05) is 49.1 Å². The van der Waals surface area contributed by atoms with Crippen molar-refractivity contribution in [1.29, 1.82) is 0 Å². The second-order valence-corrected chi connectivity index (χ2v) is 10.3. The third kappa shape index (κ3) is 6.45. The summed E-state index contributed by atoms with van der Waals surface area (Å²) >= 11 is 0. The zero-order chi connectivity index (χ0) is 27.6. The zero-order valence-electron chi connectivity index (χ0n) is 21.5. The molecule has 3 aliphatic rings. The third-order valence-electron chi connectivity index (χ3n) is 7.41. The van der Waals surface area contributed by atoms with Crippen LogP contribution in [-0.2, 0) is 17.3 Å². The number of amides is 1. The molecule has 1 saturated carbocycles. The molecule has 0 aromatic carbocycles. The number of β-amino-alcohol motifs (C(OH)–C–C–N with tert-alkyl or cyclic N) is 1. The lowest BCUT2D eigenvalue weighted by Gasteiger charge is -2.35. The van der Waals surface area contributed by atoms with Gasteiger partial charge in [-0.3, -0.25) is 4.79 Å². The third-order valence-corrected chi connectivity index (χ3v) is 7.41. The minimum atomic E-state index is -4.87. The molecule has 2 aromatic heterocycles. The highest BCUT2D eigenvalue weighted by atomic mass is 19.4. The predicted molar refractivity (Wildman–Crippen MR) is 134 cm³/mol. The maximum atomic E-state index is 13.6. The van der Waals surface area contributed by atoms with E-state index in [0.29, 0.717) is 56.9 Å². The van der Waals surface area contributed by atoms with Crippen molar-refractivity contribution in [3.8, 4) is 0 Å². The van der Waals surface area contributed by atoms with Gasteiger partial charge < -0.3 is 29.0 Å². The van der Waals surface area contributed by atoms with Crippen LogP contribution in [0.2, 0.25) is 0 Å². The van der Waals surface area contributed by atoms with E-state index in [-0.39, 0.29) is 31.2 Å². The molecule has 0 radical (unpaired) electrons. The highest BCUT2D eigenvalue weighted by Gasteiger charge is 2.42. The molecule has 1 aliphatic carbocycles. The molecule has 2 aromatic rings. The van der Waals surface area contributed by atoms with Gasteiger partial charge in [0.25, 0.3) is 6.01 Å². The number of nitrogens with zero attached hydrogens (tertiary/aromatic N) is 5. The smallest absolute Gasteiger partial charge is 0.437 e. The van der Waals surface area contributed by atoms with Crippen LogP contribution in [0.1, 0.15) is 60.3 Å². The lowest BCUT2D eigenvalue weighted by Crippen LogP contribution is -2.49. The Balaban J connectivity index is 1.19. The van der Waals surface area contributed by atoms with Crippen LogP contribution in [0.3, 0.4) is 0 Å². The van der Waals surface area contributed by atoms with Crippen LogP contribution in [-0.4, -0.2) is 83.3 Å². The number of pyridine rings is 1. The van der Waals surface area contributed by atoms with Gasteiger partial charge in [-0.2, -0.15) is 18.2 Å². The molecule has 1 amide bonds. The zero-order valence-corrected chi connectivity index (χ0v) is 21.5. The van der Waals surface area contributed by atoms with Crippen molar-refractivity contribution < 1.29 is 37.0 Å². The molecule has 212 valence electrons. The molecule has 2 aliphatic heterocycles. The number of piperidine rings is 1. The first-order chi connectivity index (χ1) is 18.7. The number of anilines is 2. The Bertz CT molecular complexity index is 1160. The summed E-state index contributed by atoms with van der Waals surface area (Å²) in [5.74, 6) is -1.05. The average Bonchev–Trinajstić information content (AvgIpc) is 3.60. The molecule has 0 bridgehead atoms. The first kappa shape index (κ1) is 27.2. The summed E-state index contributed by atoms with van der Waals surface area (Å²) in [7, 11) is 0. The summed E-state index contributed by atoms with van der Waals surface area (Å²) in [4.78, 5) is 38.3. The van der Waals surface area contributed by atoms with Crippen LogP contribution in [0.4, 0.5) is 29.8 Å². The number of carbonyl (C=O) groups is 2. The molecular weight excluding hydrogens is 519 g/mol. The van der Waals surface area contributed by atoms with Crippen LogP contribution in [0.25, 0.3) is 0 Å². The number of ether oxygens (including phenoxy) is 1. The second kappa shape index (κ2) is 11.4. The standard InChI is InChI=1S/C26H32F3N5O5/c27-26(28,29)23-22(39-24(31-23)34-9-3-4-18(35)16-34)20(36)14-17-7-8-21(30-15-17)32-10-12-33(13-11-32)25(37)38-19-5-1-2-6-19/h7-8,15,18-19,35H,1-6,9-14,16H2. The van der Waals surface area contributed by atoms with Crippen molar-refractivity contribution in [1.82, 2.24) is 14.9 Å². The SMILES string of the molecule is O=C(Cc1ccc(N2CCN(C(=O)OC3CCCC3)CC2)nc1)c1oc(N2CCCC(O)C2)nc1C(F)(F)F. The van der Waals surface area contributed by atoms with Gasteiger partial charge in [0.05, 0.1) is 6.10 Å². The highest BCUT2D eigenvalue weighted by Crippen LogP contribution is 2.35. The van der Waals surface area contributed by atoms with Gasteiger partial charge in [-0.05, 0) is 50.2 Å². The summed E-state index contributed by atoms with van der Waals surface area (Å²) in [6, 6.07) is 3.04. The van der Waals surface area contributed by atoms with Crippen LogP contribution in [0, 0.1) is 0 Å². The number of oxazole rings is 1. The molecule has 4 heterocycles. The number of aliphatic hydroxyl groups excluding tert-OH is 1. The van der Waals surface area contributed by atoms with E-state index in [1.165, 1.54) is 11.1 Å². The summed E-state index contributed by atoms with van der Waals surface area (Å²) in [6.07, 6.45) is 0.420. The number of halogens is 3. The van der Waals surface area contributed by atoms with Crippen molar-refractivity contribution >= 4 is 23.7 Å². The van der Waals surface area contributed by atoms with Crippen molar-refractivity contribution in [2.45, 2.75) is 63.3 Å². The van der Waals surface area contributed by atoms with E-state index in [1.54, 1.807) is 17.0 Å². The minimum Gasteiger partial charge on any atom is -0.446 e. The van der Waals surface area contributed by atoms with Gasteiger partial charge >= 0.3 is 12.3 Å². The predicted octanol–water partition coefficient (Wildman–Crippen LogP) is 3.68. The van der Waals surface area contributed by atoms with E-state index < -0.39 is 29.5 Å². The fourth-order valence-corrected chi connectivity index (χ4v) is 5.27. The molecule has 0 spiro atoms. The van der Waals surface area contributed by atoms with Gasteiger partial charge in [0, 0.05) is 51.9 Å². The van der Waals surface area contributed by atoms with Gasteiger partial charge in [-0.15, -0.1) is 0 Å². The van der Waals surface area contributed by atoms with E-state index in [0.717, 1.165) is 25.7 Å². The molecule has 39 heavy (non-hydrogen) atoms. The largest absolute Gasteiger partial charge is 0.446 e. The van der Waals surface area contributed by atoms with Crippen LogP contribution in [0.5, 0.6) is 0 Å². The number of alkyl halides is 3. The Morgan fingerprint density at radius 1 is 1.03 bits per heavy atom. The van der Waals surface area contributed by atoms with Crippen LogP contribution < -0.4 is 9.80 Å². The van der Waals surface area contributed by atoms with E-state index in [4.69, 9.17) is 9.15 Å². The van der Waals surface area contributed by atoms with Crippen molar-refractivity contribution in [2.24, 2.45) is 0 Å². The van der Waals surface area contributed by atoms with Crippen LogP contribution >= 0.6 is 0 Å². The molecule has 13 heteroatoms. The van der Waals surface area contributed by atoms with Gasteiger partial charge in [0.1, 0.15) is 11.9 Å². The minimum absolute atomic E-state index is 0.0147. The number of hydrogen-bond acceptors (Lipinski definition) is 9. The first-order valence-corrected chi connectivity index (χ1v) is 13.4. The fourth-order valence-electron chi connectivity index (χ4n) is 5.27. The lowest BCUT2D eigenvalue weighted by molar-refractivity contribution is -0.141. The monoisotopic (exact) mass is 551 g/mol. The Hall–Kier alpha value is -3.35. The fraction of sp³-hybridized carbons (Fsp3) is 0.615. The van der Waals surface area contributed by atoms with E-state index >= 15 is 0 Å². The number of aliphatic hydroxyl groups is 1. The molecular formula is C26H32F3N5O5. The van der Waals surface area contributed by atoms with Gasteiger partial charge in [-0.1, -0.05) is 6.07 Å². The number of aromatic nitrogens is 2. The number of Topliss-reactive ketones (excluding diaryl/α,β-unsaturated/α-hetero) is 1. The second-order valence-electron chi connectivity index (χ2n) is 10.3. The number of piperazine rings is 1. The molecule has 1 atom stereocenters. The topological polar surface area (TPSA) is 112 Å². The maximum absolute atomic E-state index is 13.6. The molecule has 5 rings (SSSR count). The summed E-state index contributed by atoms with van der Waals surface area (Å²) in [5, 5.41) is 9.85. The number of ketones is 1. The van der Waals surface area contributed by atoms with Gasteiger partial charge in [0.2, 0.25) is 11.5 Å². The van der Waals surface area contributed by atoms with Crippen molar-refractivity contribution in [3.63, 3.8) is 0 Å². The Morgan fingerprint density at radius 3 is 2.41 bits per heavy atom. The maximum Gasteiger partial charge on any atom is 0.437 e. The Morgan fingerprint density at radius 2 is 1.77 bits per heavy atom. The van der Waals surface area contributed by atoms with Gasteiger partial charge in [0.15, 0.2) is 5.69 Å². The number of carbonyl (C=O) groups excluding carboxylic acids is 2. The van der Waals surface area contributed by atoms with Crippen molar-refractivity contribution in [3.05, 3.63) is 35.3 Å². The highest BCUT2D eigenvalue weighted by molar-refractivity contribution is 5.96. The molecule has 1 N–H and O–H groups in total.